The standard InChI is InChI=1S/C15H19N3O2S/c1-10(8-9-21-3)18(2)14-11-6-4-5-7-12(11)16-17-13(14)15(19)20/h4-7,10H,8-9H2,1-3H3,(H,19,20). The summed E-state index contributed by atoms with van der Waals surface area (Å²) in [6.07, 6.45) is 3.05. The van der Waals surface area contributed by atoms with Gasteiger partial charge in [-0.15, -0.1) is 10.2 Å². The molecule has 0 saturated heterocycles. The van der Waals surface area contributed by atoms with Crippen molar-refractivity contribution in [2.45, 2.75) is 19.4 Å². The number of anilines is 1. The van der Waals surface area contributed by atoms with Gasteiger partial charge in [0.15, 0.2) is 5.69 Å². The molecule has 0 fully saturated rings. The van der Waals surface area contributed by atoms with E-state index < -0.39 is 5.97 Å². The molecule has 1 N–H and O–H groups in total. The molecule has 1 atom stereocenters. The number of carboxylic acid groups (broad SMARTS) is 1. The van der Waals surface area contributed by atoms with Crippen molar-refractivity contribution >= 4 is 34.3 Å². The van der Waals surface area contributed by atoms with Gasteiger partial charge in [-0.3, -0.25) is 0 Å². The van der Waals surface area contributed by atoms with E-state index in [1.54, 1.807) is 11.8 Å². The second-order valence-corrected chi connectivity index (χ2v) is 5.95. The van der Waals surface area contributed by atoms with Crippen LogP contribution in [-0.4, -0.2) is 46.4 Å². The van der Waals surface area contributed by atoms with Crippen molar-refractivity contribution in [1.82, 2.24) is 10.2 Å². The Morgan fingerprint density at radius 1 is 1.38 bits per heavy atom. The van der Waals surface area contributed by atoms with Crippen LogP contribution < -0.4 is 4.90 Å². The van der Waals surface area contributed by atoms with E-state index in [9.17, 15) is 9.90 Å². The van der Waals surface area contributed by atoms with Crippen LogP contribution in [0.3, 0.4) is 0 Å². The number of aromatic nitrogens is 2. The molecule has 0 saturated carbocycles. The Kier molecular flexibility index (Phi) is 5.01. The normalized spacial score (nSPS) is 12.3. The zero-order chi connectivity index (χ0) is 15.4. The smallest absolute Gasteiger partial charge is 0.358 e. The first-order valence-corrected chi connectivity index (χ1v) is 8.16. The van der Waals surface area contributed by atoms with Crippen molar-refractivity contribution in [3.8, 4) is 0 Å². The van der Waals surface area contributed by atoms with Gasteiger partial charge in [0.25, 0.3) is 0 Å². The fraction of sp³-hybridized carbons (Fsp3) is 0.400. The van der Waals surface area contributed by atoms with Gasteiger partial charge in [-0.05, 0) is 31.4 Å². The maximum absolute atomic E-state index is 11.5. The first-order chi connectivity index (χ1) is 10.1. The number of thioether (sulfide) groups is 1. The van der Waals surface area contributed by atoms with Gasteiger partial charge in [-0.1, -0.05) is 18.2 Å². The van der Waals surface area contributed by atoms with Crippen LogP contribution in [0.1, 0.15) is 23.8 Å². The van der Waals surface area contributed by atoms with Crippen LogP contribution in [0, 0.1) is 0 Å². The number of rotatable bonds is 6. The molecule has 0 radical (unpaired) electrons. The summed E-state index contributed by atoms with van der Waals surface area (Å²) in [5.74, 6) is -0.0168. The summed E-state index contributed by atoms with van der Waals surface area (Å²) in [4.78, 5) is 13.5. The van der Waals surface area contributed by atoms with Crippen LogP contribution in [0.2, 0.25) is 0 Å². The Hall–Kier alpha value is -1.82. The van der Waals surface area contributed by atoms with E-state index in [0.717, 1.165) is 17.6 Å². The SMILES string of the molecule is CSCCC(C)N(C)c1c(C(=O)O)nnc2ccccc12. The highest BCUT2D eigenvalue weighted by Crippen LogP contribution is 2.29. The van der Waals surface area contributed by atoms with Gasteiger partial charge in [0.05, 0.1) is 11.2 Å². The number of hydrogen-bond donors (Lipinski definition) is 1. The van der Waals surface area contributed by atoms with E-state index in [1.807, 2.05) is 36.2 Å². The van der Waals surface area contributed by atoms with Crippen molar-refractivity contribution in [3.05, 3.63) is 30.0 Å². The number of carbonyl (C=O) groups is 1. The van der Waals surface area contributed by atoms with Gasteiger partial charge in [0.1, 0.15) is 0 Å². The molecule has 0 aliphatic carbocycles. The van der Waals surface area contributed by atoms with E-state index in [1.165, 1.54) is 0 Å². The Morgan fingerprint density at radius 3 is 2.76 bits per heavy atom. The number of nitrogens with zero attached hydrogens (tertiary/aromatic N) is 3. The molecule has 5 nitrogen and oxygen atoms in total. The lowest BCUT2D eigenvalue weighted by Gasteiger charge is -2.28. The molecular formula is C15H19N3O2S. The minimum absolute atomic E-state index is 0.00667. The molecule has 21 heavy (non-hydrogen) atoms. The molecule has 0 amide bonds. The fourth-order valence-electron chi connectivity index (χ4n) is 2.24. The lowest BCUT2D eigenvalue weighted by atomic mass is 10.1. The van der Waals surface area contributed by atoms with Gasteiger partial charge >= 0.3 is 5.97 Å². The second-order valence-electron chi connectivity index (χ2n) is 4.96. The minimum Gasteiger partial charge on any atom is -0.476 e. The highest BCUT2D eigenvalue weighted by molar-refractivity contribution is 7.98. The molecule has 0 spiro atoms. The Morgan fingerprint density at radius 2 is 2.10 bits per heavy atom. The Bertz CT molecular complexity index is 648. The molecule has 1 unspecified atom stereocenters. The predicted molar refractivity (Wildman–Crippen MR) is 87.4 cm³/mol. The molecule has 1 aromatic carbocycles. The van der Waals surface area contributed by atoms with Crippen molar-refractivity contribution < 1.29 is 9.90 Å². The summed E-state index contributed by atoms with van der Waals surface area (Å²) < 4.78 is 0. The van der Waals surface area contributed by atoms with Crippen molar-refractivity contribution in [2.75, 3.05) is 24.0 Å². The molecule has 0 bridgehead atoms. The molecule has 1 heterocycles. The van der Waals surface area contributed by atoms with E-state index in [0.29, 0.717) is 11.2 Å². The summed E-state index contributed by atoms with van der Waals surface area (Å²) >= 11 is 1.79. The minimum atomic E-state index is -1.05. The first kappa shape index (κ1) is 15.6. The zero-order valence-electron chi connectivity index (χ0n) is 12.4. The second kappa shape index (κ2) is 6.76. The molecule has 2 aromatic rings. The van der Waals surface area contributed by atoms with Crippen LogP contribution in [0.4, 0.5) is 5.69 Å². The quantitative estimate of drug-likeness (QED) is 0.885. The molecular weight excluding hydrogens is 286 g/mol. The fourth-order valence-corrected chi connectivity index (χ4v) is 2.82. The first-order valence-electron chi connectivity index (χ1n) is 6.76. The van der Waals surface area contributed by atoms with Crippen LogP contribution >= 0.6 is 11.8 Å². The van der Waals surface area contributed by atoms with Crippen molar-refractivity contribution in [2.24, 2.45) is 0 Å². The lowest BCUT2D eigenvalue weighted by molar-refractivity contribution is 0.0690. The van der Waals surface area contributed by atoms with E-state index in [4.69, 9.17) is 0 Å². The summed E-state index contributed by atoms with van der Waals surface area (Å²) in [7, 11) is 1.92. The predicted octanol–water partition coefficient (Wildman–Crippen LogP) is 2.91. The average molecular weight is 305 g/mol. The number of fused-ring (bicyclic) bond motifs is 1. The maximum Gasteiger partial charge on any atom is 0.358 e. The zero-order valence-corrected chi connectivity index (χ0v) is 13.2. The summed E-state index contributed by atoms with van der Waals surface area (Å²) in [6, 6.07) is 7.72. The largest absolute Gasteiger partial charge is 0.476 e. The van der Waals surface area contributed by atoms with Crippen molar-refractivity contribution in [3.63, 3.8) is 0 Å². The average Bonchev–Trinajstić information content (AvgIpc) is 2.50. The summed E-state index contributed by atoms with van der Waals surface area (Å²) in [5, 5.41) is 18.1. The Balaban J connectivity index is 2.53. The van der Waals surface area contributed by atoms with Gasteiger partial charge < -0.3 is 10.0 Å². The molecule has 1 aromatic heterocycles. The number of carboxylic acids is 1. The van der Waals surface area contributed by atoms with Gasteiger partial charge in [-0.2, -0.15) is 11.8 Å². The van der Waals surface area contributed by atoms with Gasteiger partial charge in [-0.25, -0.2) is 4.79 Å². The molecule has 2 rings (SSSR count). The van der Waals surface area contributed by atoms with Crippen LogP contribution in [0.5, 0.6) is 0 Å². The summed E-state index contributed by atoms with van der Waals surface area (Å²) in [5.41, 5.74) is 1.36. The van der Waals surface area contributed by atoms with Gasteiger partial charge in [0.2, 0.25) is 0 Å². The number of aromatic carboxylic acids is 1. The van der Waals surface area contributed by atoms with Crippen molar-refractivity contribution in [1.29, 1.82) is 0 Å². The third-order valence-corrected chi connectivity index (χ3v) is 4.24. The molecule has 0 aliphatic rings. The molecule has 112 valence electrons. The number of benzene rings is 1. The van der Waals surface area contributed by atoms with Crippen LogP contribution in [-0.2, 0) is 0 Å². The molecule has 0 aliphatic heterocycles. The summed E-state index contributed by atoms with van der Waals surface area (Å²) in [6.45, 7) is 2.09. The highest BCUT2D eigenvalue weighted by Gasteiger charge is 2.22. The van der Waals surface area contributed by atoms with Crippen LogP contribution in [0.25, 0.3) is 10.9 Å². The van der Waals surface area contributed by atoms with Crippen LogP contribution in [0.15, 0.2) is 24.3 Å². The van der Waals surface area contributed by atoms with E-state index in [-0.39, 0.29) is 11.7 Å². The number of hydrogen-bond acceptors (Lipinski definition) is 5. The Labute approximate surface area is 128 Å². The van der Waals surface area contributed by atoms with E-state index >= 15 is 0 Å². The third kappa shape index (κ3) is 3.26. The molecule has 6 heteroatoms. The monoisotopic (exact) mass is 305 g/mol. The topological polar surface area (TPSA) is 66.3 Å². The lowest BCUT2D eigenvalue weighted by Crippen LogP contribution is -2.31. The maximum atomic E-state index is 11.5. The highest BCUT2D eigenvalue weighted by atomic mass is 32.2. The third-order valence-electron chi connectivity index (χ3n) is 3.60. The van der Waals surface area contributed by atoms with Gasteiger partial charge in [0, 0.05) is 18.5 Å². The van der Waals surface area contributed by atoms with E-state index in [2.05, 4.69) is 23.4 Å².